The molecule has 0 radical (unpaired) electrons. The van der Waals surface area contributed by atoms with Crippen LogP contribution in [0.1, 0.15) is 31.7 Å². The topological polar surface area (TPSA) is 43.4 Å². The summed E-state index contributed by atoms with van der Waals surface area (Å²) < 4.78 is 7.90. The van der Waals surface area contributed by atoms with Gasteiger partial charge in [0.15, 0.2) is 23.8 Å². The first-order chi connectivity index (χ1) is 9.13. The second-order valence-corrected chi connectivity index (χ2v) is 4.83. The van der Waals surface area contributed by atoms with Crippen LogP contribution in [0.25, 0.3) is 0 Å². The van der Waals surface area contributed by atoms with E-state index in [1.807, 2.05) is 32.8 Å². The van der Waals surface area contributed by atoms with Gasteiger partial charge >= 0.3 is 0 Å². The highest BCUT2D eigenvalue weighted by atomic mass is 15.5. The van der Waals surface area contributed by atoms with Crippen LogP contribution < -0.4 is 9.36 Å². The summed E-state index contributed by atoms with van der Waals surface area (Å²) in [6, 6.07) is 0. The van der Waals surface area contributed by atoms with E-state index in [1.54, 1.807) is 0 Å². The van der Waals surface area contributed by atoms with Crippen LogP contribution in [-0.4, -0.2) is 19.8 Å². The number of aromatic nitrogens is 6. The monoisotopic (exact) mass is 264 g/mol. The summed E-state index contributed by atoms with van der Waals surface area (Å²) in [5.74, 6) is 0. The van der Waals surface area contributed by atoms with E-state index in [4.69, 9.17) is 0 Å². The van der Waals surface area contributed by atoms with Crippen molar-refractivity contribution in [3.05, 3.63) is 23.8 Å². The Morgan fingerprint density at radius 1 is 0.895 bits per heavy atom. The average Bonchev–Trinajstić information content (AvgIpc) is 2.94. The van der Waals surface area contributed by atoms with Crippen LogP contribution in [0.3, 0.4) is 0 Å². The molecule has 0 atom stereocenters. The van der Waals surface area contributed by atoms with Crippen molar-refractivity contribution in [3.63, 3.8) is 0 Å². The largest absolute Gasteiger partial charge is 0.167 e. The molecule has 0 aliphatic carbocycles. The number of hydrogen-bond acceptors (Lipinski definition) is 2. The van der Waals surface area contributed by atoms with E-state index in [-0.39, 0.29) is 0 Å². The Kier molecular flexibility index (Phi) is 4.29. The van der Waals surface area contributed by atoms with Gasteiger partial charge in [0.05, 0.1) is 10.4 Å². The lowest BCUT2D eigenvalue weighted by molar-refractivity contribution is -0.752. The maximum absolute atomic E-state index is 4.40. The van der Waals surface area contributed by atoms with Gasteiger partial charge in [-0.25, -0.2) is 0 Å². The van der Waals surface area contributed by atoms with E-state index in [1.165, 1.54) is 11.4 Å². The molecule has 0 aliphatic heterocycles. The molecule has 6 nitrogen and oxygen atoms in total. The first kappa shape index (κ1) is 13.7. The zero-order valence-corrected chi connectivity index (χ0v) is 12.4. The van der Waals surface area contributed by atoms with Crippen molar-refractivity contribution in [1.29, 1.82) is 0 Å². The van der Waals surface area contributed by atoms with Gasteiger partial charge in [-0.1, -0.05) is 0 Å². The number of rotatable bonds is 6. The fourth-order valence-corrected chi connectivity index (χ4v) is 2.23. The fourth-order valence-electron chi connectivity index (χ4n) is 2.23. The molecular weight excluding hydrogens is 240 g/mol. The van der Waals surface area contributed by atoms with Gasteiger partial charge in [-0.15, -0.1) is 18.7 Å². The zero-order valence-electron chi connectivity index (χ0n) is 12.4. The summed E-state index contributed by atoms with van der Waals surface area (Å²) in [6.45, 7) is 6.06. The molecule has 2 heterocycles. The molecule has 2 aromatic rings. The maximum Gasteiger partial charge on any atom is 0.167 e. The molecule has 0 saturated heterocycles. The predicted molar refractivity (Wildman–Crippen MR) is 70.2 cm³/mol. The standard InChI is InChI=1S/C13H24N6/c1-5-18-10-12(16(3)14-18)8-7-9-13-11-19(6-2)15-17(13)4/h10-11H,5-9H2,1-4H3/q+2. The summed E-state index contributed by atoms with van der Waals surface area (Å²) in [4.78, 5) is 0. The molecule has 2 aromatic heterocycles. The van der Waals surface area contributed by atoms with Crippen molar-refractivity contribution in [2.45, 2.75) is 46.2 Å². The lowest BCUT2D eigenvalue weighted by Crippen LogP contribution is -2.34. The smallest absolute Gasteiger partial charge is 0.138 e. The van der Waals surface area contributed by atoms with Gasteiger partial charge in [0.2, 0.25) is 0 Å². The van der Waals surface area contributed by atoms with Gasteiger partial charge in [-0.3, -0.25) is 0 Å². The Morgan fingerprint density at radius 2 is 1.32 bits per heavy atom. The SMILES string of the molecule is CC[n+]1cc(CCCc2c[n+](CC)nn2C)n(C)n1. The second kappa shape index (κ2) is 5.95. The molecule has 0 amide bonds. The average molecular weight is 264 g/mol. The van der Waals surface area contributed by atoms with E-state index < -0.39 is 0 Å². The van der Waals surface area contributed by atoms with Crippen LogP contribution in [0.4, 0.5) is 0 Å². The van der Waals surface area contributed by atoms with Crippen molar-refractivity contribution in [2.75, 3.05) is 0 Å². The van der Waals surface area contributed by atoms with Crippen LogP contribution in [0, 0.1) is 0 Å². The molecule has 0 aromatic carbocycles. The first-order valence-electron chi connectivity index (χ1n) is 6.99. The summed E-state index contributed by atoms with van der Waals surface area (Å²) in [7, 11) is 4.02. The van der Waals surface area contributed by atoms with Crippen LogP contribution in [0.2, 0.25) is 0 Å². The minimum Gasteiger partial charge on any atom is -0.138 e. The summed E-state index contributed by atoms with van der Waals surface area (Å²) in [5.41, 5.74) is 2.57. The number of nitrogens with zero attached hydrogens (tertiary/aromatic N) is 6. The maximum atomic E-state index is 4.40. The lowest BCUT2D eigenvalue weighted by Gasteiger charge is -1.94. The third-order valence-corrected chi connectivity index (χ3v) is 3.44. The van der Waals surface area contributed by atoms with E-state index in [9.17, 15) is 0 Å². The molecule has 6 heteroatoms. The van der Waals surface area contributed by atoms with Gasteiger partial charge in [0.25, 0.3) is 0 Å². The van der Waals surface area contributed by atoms with Crippen LogP contribution in [0.5, 0.6) is 0 Å². The quantitative estimate of drug-likeness (QED) is 0.686. The van der Waals surface area contributed by atoms with E-state index in [2.05, 4.69) is 36.7 Å². The van der Waals surface area contributed by atoms with Crippen molar-refractivity contribution >= 4 is 0 Å². The number of aryl methyl sites for hydroxylation is 6. The minimum atomic E-state index is 0.923. The lowest BCUT2D eigenvalue weighted by atomic mass is 10.1. The Bertz CT molecular complexity index is 491. The fraction of sp³-hybridized carbons (Fsp3) is 0.692. The van der Waals surface area contributed by atoms with Gasteiger partial charge in [0.1, 0.15) is 27.2 Å². The minimum absolute atomic E-state index is 0.923. The highest BCUT2D eigenvalue weighted by molar-refractivity contribution is 4.94. The Labute approximate surface area is 114 Å². The Morgan fingerprint density at radius 3 is 1.63 bits per heavy atom. The first-order valence-corrected chi connectivity index (χ1v) is 6.99. The highest BCUT2D eigenvalue weighted by Gasteiger charge is 2.14. The van der Waals surface area contributed by atoms with Gasteiger partial charge in [-0.2, -0.15) is 0 Å². The predicted octanol–water partition coefficient (Wildman–Crippen LogP) is -0.0563. The van der Waals surface area contributed by atoms with E-state index in [0.29, 0.717) is 0 Å². The summed E-state index contributed by atoms with van der Waals surface area (Å²) >= 11 is 0. The van der Waals surface area contributed by atoms with Crippen molar-refractivity contribution in [3.8, 4) is 0 Å². The molecule has 19 heavy (non-hydrogen) atoms. The molecule has 104 valence electrons. The van der Waals surface area contributed by atoms with Crippen molar-refractivity contribution < 1.29 is 9.36 Å². The van der Waals surface area contributed by atoms with E-state index >= 15 is 0 Å². The van der Waals surface area contributed by atoms with Crippen molar-refractivity contribution in [1.82, 2.24) is 19.8 Å². The third-order valence-electron chi connectivity index (χ3n) is 3.44. The molecule has 2 rings (SSSR count). The van der Waals surface area contributed by atoms with Gasteiger partial charge < -0.3 is 0 Å². The molecule has 0 bridgehead atoms. The van der Waals surface area contributed by atoms with Crippen molar-refractivity contribution in [2.24, 2.45) is 14.1 Å². The summed E-state index contributed by atoms with van der Waals surface area (Å²) in [5, 5.41) is 8.80. The van der Waals surface area contributed by atoms with Crippen LogP contribution in [0.15, 0.2) is 12.4 Å². The van der Waals surface area contributed by atoms with Crippen LogP contribution in [-0.2, 0) is 40.0 Å². The highest BCUT2D eigenvalue weighted by Crippen LogP contribution is 2.04. The van der Waals surface area contributed by atoms with E-state index in [0.717, 1.165) is 32.4 Å². The molecule has 0 spiro atoms. The zero-order chi connectivity index (χ0) is 13.8. The van der Waals surface area contributed by atoms with Gasteiger partial charge in [0, 0.05) is 12.8 Å². The Hall–Kier alpha value is -1.72. The molecule has 0 N–H and O–H groups in total. The second-order valence-electron chi connectivity index (χ2n) is 4.83. The molecule has 0 unspecified atom stereocenters. The van der Waals surface area contributed by atoms with Crippen LogP contribution >= 0.6 is 0 Å². The molecule has 0 aliphatic rings. The molecule has 0 saturated carbocycles. The van der Waals surface area contributed by atoms with Gasteiger partial charge in [-0.05, 0) is 20.3 Å². The molecular formula is C13H24N6+2. The normalized spacial score (nSPS) is 11.2. The summed E-state index contributed by atoms with van der Waals surface area (Å²) in [6.07, 6.45) is 7.49. The molecule has 0 fully saturated rings. The number of hydrogen-bond donors (Lipinski definition) is 0. The Balaban J connectivity index is 1.92. The third kappa shape index (κ3) is 3.19.